The number of hydrogen-bond acceptors (Lipinski definition) is 3. The molecular formula is C15H22O3S. The second kappa shape index (κ2) is 7.13. The van der Waals surface area contributed by atoms with Crippen LogP contribution in [0.2, 0.25) is 0 Å². The molecule has 4 heteroatoms. The van der Waals surface area contributed by atoms with Gasteiger partial charge >= 0.3 is 5.97 Å². The number of carbonyl (C=O) groups is 2. The molecule has 0 saturated carbocycles. The van der Waals surface area contributed by atoms with E-state index in [1.54, 1.807) is 0 Å². The predicted molar refractivity (Wildman–Crippen MR) is 77.3 cm³/mol. The molecule has 0 unspecified atom stereocenters. The highest BCUT2D eigenvalue weighted by atomic mass is 32.2. The van der Waals surface area contributed by atoms with E-state index in [0.29, 0.717) is 23.5 Å². The highest BCUT2D eigenvalue weighted by molar-refractivity contribution is 8.01. The number of aldehydes is 1. The molecule has 0 aliphatic carbocycles. The van der Waals surface area contributed by atoms with Crippen LogP contribution in [0, 0.1) is 11.8 Å². The van der Waals surface area contributed by atoms with Gasteiger partial charge in [-0.3, -0.25) is 4.79 Å². The van der Waals surface area contributed by atoms with Gasteiger partial charge in [0.1, 0.15) is 6.29 Å². The SMILES string of the molecule is O=CC[C@H]1[C@@H](C/C=C\CCCC(=O)O)[C@H]2CC[C@@H]1S2. The first kappa shape index (κ1) is 14.6. The van der Waals surface area contributed by atoms with Gasteiger partial charge in [0, 0.05) is 23.3 Å². The summed E-state index contributed by atoms with van der Waals surface area (Å²) in [5.74, 6) is 0.513. The number of thioether (sulfide) groups is 1. The van der Waals surface area contributed by atoms with Crippen molar-refractivity contribution in [1.29, 1.82) is 0 Å². The van der Waals surface area contributed by atoms with Crippen LogP contribution in [0.5, 0.6) is 0 Å². The molecule has 0 amide bonds. The summed E-state index contributed by atoms with van der Waals surface area (Å²) in [5, 5.41) is 10.0. The van der Waals surface area contributed by atoms with E-state index in [2.05, 4.69) is 23.9 Å². The average Bonchev–Trinajstić information content (AvgIpc) is 2.95. The van der Waals surface area contributed by atoms with Crippen LogP contribution >= 0.6 is 11.8 Å². The predicted octanol–water partition coefficient (Wildman–Crippen LogP) is 3.29. The normalized spacial score (nSPS) is 33.1. The molecule has 2 rings (SSSR count). The number of carbonyl (C=O) groups excluding carboxylic acids is 1. The van der Waals surface area contributed by atoms with E-state index in [4.69, 9.17) is 5.11 Å². The number of rotatable bonds is 8. The molecule has 2 aliphatic rings. The van der Waals surface area contributed by atoms with Crippen molar-refractivity contribution >= 4 is 24.0 Å². The lowest BCUT2D eigenvalue weighted by Gasteiger charge is -2.27. The van der Waals surface area contributed by atoms with Crippen molar-refractivity contribution in [2.45, 2.75) is 55.4 Å². The Morgan fingerprint density at radius 3 is 2.47 bits per heavy atom. The molecule has 19 heavy (non-hydrogen) atoms. The number of hydrogen-bond donors (Lipinski definition) is 1. The van der Waals surface area contributed by atoms with Crippen LogP contribution in [0.15, 0.2) is 12.2 Å². The van der Waals surface area contributed by atoms with Gasteiger partial charge in [0.15, 0.2) is 0 Å². The molecule has 2 heterocycles. The third-order valence-electron chi connectivity index (χ3n) is 4.30. The highest BCUT2D eigenvalue weighted by Gasteiger charge is 2.46. The number of carboxylic acids is 1. The van der Waals surface area contributed by atoms with E-state index in [9.17, 15) is 9.59 Å². The van der Waals surface area contributed by atoms with E-state index in [1.807, 2.05) is 0 Å². The minimum Gasteiger partial charge on any atom is -0.481 e. The highest BCUT2D eigenvalue weighted by Crippen LogP contribution is 2.55. The van der Waals surface area contributed by atoms with Gasteiger partial charge in [0.2, 0.25) is 0 Å². The summed E-state index contributed by atoms with van der Waals surface area (Å²) < 4.78 is 0. The Bertz CT molecular complexity index is 353. The van der Waals surface area contributed by atoms with Gasteiger partial charge < -0.3 is 9.90 Å². The van der Waals surface area contributed by atoms with E-state index in [-0.39, 0.29) is 6.42 Å². The fourth-order valence-electron chi connectivity index (χ4n) is 3.38. The third kappa shape index (κ3) is 3.85. The summed E-state index contributed by atoms with van der Waals surface area (Å²) in [6, 6.07) is 0. The first-order valence-electron chi connectivity index (χ1n) is 7.18. The molecule has 2 aliphatic heterocycles. The Balaban J connectivity index is 1.73. The summed E-state index contributed by atoms with van der Waals surface area (Å²) in [6.07, 6.45) is 11.6. The molecular weight excluding hydrogens is 260 g/mol. The van der Waals surface area contributed by atoms with E-state index in [0.717, 1.165) is 30.8 Å². The number of unbranched alkanes of at least 4 members (excludes halogenated alkanes) is 1. The number of carboxylic acid groups (broad SMARTS) is 1. The molecule has 1 N–H and O–H groups in total. The van der Waals surface area contributed by atoms with Crippen molar-refractivity contribution in [2.75, 3.05) is 0 Å². The summed E-state index contributed by atoms with van der Waals surface area (Å²) in [5.41, 5.74) is 0. The quantitative estimate of drug-likeness (QED) is 0.422. The molecule has 2 fully saturated rings. The minimum absolute atomic E-state index is 0.252. The number of fused-ring (bicyclic) bond motifs is 2. The van der Waals surface area contributed by atoms with Crippen LogP contribution < -0.4 is 0 Å². The molecule has 0 aromatic carbocycles. The average molecular weight is 282 g/mol. The van der Waals surface area contributed by atoms with Crippen LogP contribution in [-0.4, -0.2) is 27.9 Å². The van der Waals surface area contributed by atoms with Crippen LogP contribution in [0.3, 0.4) is 0 Å². The van der Waals surface area contributed by atoms with Crippen molar-refractivity contribution in [2.24, 2.45) is 11.8 Å². The first-order valence-corrected chi connectivity index (χ1v) is 8.12. The van der Waals surface area contributed by atoms with Crippen molar-refractivity contribution in [3.63, 3.8) is 0 Å². The zero-order valence-electron chi connectivity index (χ0n) is 11.2. The van der Waals surface area contributed by atoms with E-state index < -0.39 is 5.97 Å². The zero-order valence-corrected chi connectivity index (χ0v) is 12.0. The first-order chi connectivity index (χ1) is 9.22. The molecule has 0 spiro atoms. The summed E-state index contributed by atoms with van der Waals surface area (Å²) >= 11 is 2.09. The maximum absolute atomic E-state index is 10.8. The van der Waals surface area contributed by atoms with E-state index >= 15 is 0 Å². The molecule has 106 valence electrons. The Morgan fingerprint density at radius 2 is 1.84 bits per heavy atom. The van der Waals surface area contributed by atoms with Crippen molar-refractivity contribution in [3.05, 3.63) is 12.2 Å². The van der Waals surface area contributed by atoms with E-state index in [1.165, 1.54) is 12.8 Å². The maximum atomic E-state index is 10.8. The molecule has 2 bridgehead atoms. The third-order valence-corrected chi connectivity index (χ3v) is 6.16. The lowest BCUT2D eigenvalue weighted by atomic mass is 9.76. The van der Waals surface area contributed by atoms with Crippen molar-refractivity contribution < 1.29 is 14.7 Å². The van der Waals surface area contributed by atoms with Gasteiger partial charge in [-0.15, -0.1) is 0 Å². The number of allylic oxidation sites excluding steroid dienone is 2. The van der Waals surface area contributed by atoms with Gasteiger partial charge in [-0.2, -0.15) is 11.8 Å². The largest absolute Gasteiger partial charge is 0.481 e. The van der Waals surface area contributed by atoms with Crippen LogP contribution in [-0.2, 0) is 9.59 Å². The van der Waals surface area contributed by atoms with Crippen LogP contribution in [0.4, 0.5) is 0 Å². The van der Waals surface area contributed by atoms with Crippen LogP contribution in [0.25, 0.3) is 0 Å². The molecule has 2 saturated heterocycles. The monoisotopic (exact) mass is 282 g/mol. The van der Waals surface area contributed by atoms with Gasteiger partial charge in [-0.1, -0.05) is 12.2 Å². The van der Waals surface area contributed by atoms with Gasteiger partial charge in [0.25, 0.3) is 0 Å². The lowest BCUT2D eigenvalue weighted by molar-refractivity contribution is -0.137. The molecule has 0 radical (unpaired) electrons. The fourth-order valence-corrected chi connectivity index (χ4v) is 5.40. The summed E-state index contributed by atoms with van der Waals surface area (Å²) in [6.45, 7) is 0. The summed E-state index contributed by atoms with van der Waals surface area (Å²) in [7, 11) is 0. The molecule has 0 aromatic heterocycles. The topological polar surface area (TPSA) is 54.4 Å². The molecule has 3 nitrogen and oxygen atoms in total. The Labute approximate surface area is 118 Å². The fraction of sp³-hybridized carbons (Fsp3) is 0.733. The van der Waals surface area contributed by atoms with Gasteiger partial charge in [0.05, 0.1) is 0 Å². The standard InChI is InChI=1S/C15H22O3S/c16-10-9-12-11(13-7-8-14(12)19-13)5-3-1-2-4-6-15(17)18/h1,3,10-14H,2,4-9H2,(H,17,18)/b3-1-/t11-,12+,13-,14+/m1/s1. The number of aliphatic carboxylic acids is 1. The second-order valence-electron chi connectivity index (χ2n) is 5.51. The van der Waals surface area contributed by atoms with Crippen LogP contribution in [0.1, 0.15) is 44.9 Å². The van der Waals surface area contributed by atoms with Crippen molar-refractivity contribution in [3.8, 4) is 0 Å². The van der Waals surface area contributed by atoms with Gasteiger partial charge in [-0.25, -0.2) is 0 Å². The summed E-state index contributed by atoms with van der Waals surface area (Å²) in [4.78, 5) is 21.2. The Kier molecular flexibility index (Phi) is 5.49. The Hall–Kier alpha value is -0.770. The maximum Gasteiger partial charge on any atom is 0.303 e. The Morgan fingerprint density at radius 1 is 1.16 bits per heavy atom. The minimum atomic E-state index is -0.719. The van der Waals surface area contributed by atoms with Crippen molar-refractivity contribution in [1.82, 2.24) is 0 Å². The second-order valence-corrected chi connectivity index (χ2v) is 7.00. The smallest absolute Gasteiger partial charge is 0.303 e. The molecule has 4 atom stereocenters. The molecule has 0 aromatic rings. The van der Waals surface area contributed by atoms with Gasteiger partial charge in [-0.05, 0) is 43.9 Å². The zero-order chi connectivity index (χ0) is 13.7. The lowest BCUT2D eigenvalue weighted by Crippen LogP contribution is -2.27.